The van der Waals surface area contributed by atoms with Gasteiger partial charge in [-0.1, -0.05) is 48.5 Å². The summed E-state index contributed by atoms with van der Waals surface area (Å²) >= 11 is 0. The summed E-state index contributed by atoms with van der Waals surface area (Å²) in [6.07, 6.45) is 0.506. The van der Waals surface area contributed by atoms with Gasteiger partial charge in [0, 0.05) is 45.9 Å². The molecule has 7 rings (SSSR count). The van der Waals surface area contributed by atoms with Gasteiger partial charge in [0.2, 0.25) is 0 Å². The van der Waals surface area contributed by atoms with Gasteiger partial charge in [-0.2, -0.15) is 0 Å². The lowest BCUT2D eigenvalue weighted by molar-refractivity contribution is 0.0439. The summed E-state index contributed by atoms with van der Waals surface area (Å²) in [6.45, 7) is 0. The topological polar surface area (TPSA) is 68.3 Å². The van der Waals surface area contributed by atoms with E-state index in [4.69, 9.17) is 0 Å². The molecule has 34 heavy (non-hydrogen) atoms. The number of ketones is 4. The van der Waals surface area contributed by atoms with Gasteiger partial charge in [0.05, 0.1) is 0 Å². The molecule has 164 valence electrons. The first kappa shape index (κ1) is 19.5. The van der Waals surface area contributed by atoms with Crippen LogP contribution in [0.25, 0.3) is 21.5 Å². The van der Waals surface area contributed by atoms with Crippen molar-refractivity contribution in [3.8, 4) is 0 Å². The van der Waals surface area contributed by atoms with Gasteiger partial charge >= 0.3 is 0 Å². The molecule has 0 unspecified atom stereocenters. The Morgan fingerprint density at radius 2 is 0.647 bits per heavy atom. The molecule has 0 saturated heterocycles. The van der Waals surface area contributed by atoms with Crippen LogP contribution in [0.4, 0.5) is 0 Å². The highest BCUT2D eigenvalue weighted by Gasteiger charge is 2.53. The van der Waals surface area contributed by atoms with Gasteiger partial charge in [-0.15, -0.1) is 0 Å². The fourth-order valence-corrected chi connectivity index (χ4v) is 6.46. The van der Waals surface area contributed by atoms with Crippen LogP contribution >= 0.6 is 0 Å². The van der Waals surface area contributed by atoms with Crippen molar-refractivity contribution in [3.63, 3.8) is 0 Å². The maximum atomic E-state index is 13.6. The number of rotatable bonds is 0. The zero-order chi connectivity index (χ0) is 23.1. The van der Waals surface area contributed by atoms with E-state index in [1.54, 1.807) is 0 Å². The predicted molar refractivity (Wildman–Crippen MR) is 128 cm³/mol. The summed E-state index contributed by atoms with van der Waals surface area (Å²) < 4.78 is 0. The van der Waals surface area contributed by atoms with E-state index in [0.29, 0.717) is 22.3 Å². The fourth-order valence-electron chi connectivity index (χ4n) is 6.46. The number of Topliss-reactive ketones (excluding diaryl/α,β-unsaturated/α-hetero) is 4. The second-order valence-corrected chi connectivity index (χ2v) is 9.84. The smallest absolute Gasteiger partial charge is 0.167 e. The van der Waals surface area contributed by atoms with Crippen molar-refractivity contribution in [2.75, 3.05) is 0 Å². The Balaban J connectivity index is 1.33. The first-order chi connectivity index (χ1) is 16.5. The highest BCUT2D eigenvalue weighted by Crippen LogP contribution is 2.49. The lowest BCUT2D eigenvalue weighted by atomic mass is 9.57. The molecule has 1 fully saturated rings. The number of hydrogen-bond donors (Lipinski definition) is 0. The molecular weight excluding hydrogens is 424 g/mol. The Morgan fingerprint density at radius 3 is 0.882 bits per heavy atom. The molecule has 0 aromatic heterocycles. The van der Waals surface area contributed by atoms with Gasteiger partial charge < -0.3 is 0 Å². The molecule has 4 heteroatoms. The molecule has 4 aromatic rings. The second kappa shape index (κ2) is 6.80. The standard InChI is InChI=1S/C30H20O4/c31-27-19-9-15-5-1-2-6-16(15)10-20(19)28(32)24-14-26-25(13-23(24)27)29(33)21-11-17-7-3-4-8-18(17)12-22(21)30(26)34/h1-12,23-26H,13-14H2/t23-,24-,25+,26+. The van der Waals surface area contributed by atoms with Crippen LogP contribution in [0.2, 0.25) is 0 Å². The molecule has 4 atom stereocenters. The van der Waals surface area contributed by atoms with Crippen LogP contribution in [0.1, 0.15) is 54.3 Å². The average Bonchev–Trinajstić information content (AvgIpc) is 2.88. The molecule has 4 aromatic carbocycles. The molecule has 3 aliphatic rings. The van der Waals surface area contributed by atoms with Crippen LogP contribution in [0.5, 0.6) is 0 Å². The SMILES string of the molecule is O=C1c2cc3ccccc3cc2C(=O)[C@H]2C[C@H]3C(=O)c4cc5ccccc5cc4C(=O)[C@@H]3C[C@H]12. The van der Waals surface area contributed by atoms with Gasteiger partial charge in [0.15, 0.2) is 23.1 Å². The number of carbonyl (C=O) groups excluding carboxylic acids is 4. The average molecular weight is 444 g/mol. The van der Waals surface area contributed by atoms with E-state index in [-0.39, 0.29) is 36.0 Å². The van der Waals surface area contributed by atoms with Crippen LogP contribution in [-0.4, -0.2) is 23.1 Å². The van der Waals surface area contributed by atoms with E-state index < -0.39 is 23.7 Å². The van der Waals surface area contributed by atoms with Crippen molar-refractivity contribution in [2.24, 2.45) is 23.7 Å². The van der Waals surface area contributed by atoms with Gasteiger partial charge in [-0.25, -0.2) is 0 Å². The van der Waals surface area contributed by atoms with E-state index >= 15 is 0 Å². The van der Waals surface area contributed by atoms with Crippen molar-refractivity contribution in [1.82, 2.24) is 0 Å². The third-order valence-corrected chi connectivity index (χ3v) is 8.17. The van der Waals surface area contributed by atoms with Gasteiger partial charge in [-0.3, -0.25) is 19.2 Å². The number of carbonyl (C=O) groups is 4. The van der Waals surface area contributed by atoms with Crippen molar-refractivity contribution in [3.05, 3.63) is 95.1 Å². The molecule has 0 N–H and O–H groups in total. The van der Waals surface area contributed by atoms with Crippen molar-refractivity contribution in [2.45, 2.75) is 12.8 Å². The summed E-state index contributed by atoms with van der Waals surface area (Å²) in [5.41, 5.74) is 1.79. The van der Waals surface area contributed by atoms with Crippen LogP contribution in [-0.2, 0) is 0 Å². The maximum absolute atomic E-state index is 13.6. The molecule has 0 spiro atoms. The third kappa shape index (κ3) is 2.54. The first-order valence-electron chi connectivity index (χ1n) is 11.7. The Hall–Kier alpha value is -3.92. The fraction of sp³-hybridized carbons (Fsp3) is 0.200. The van der Waals surface area contributed by atoms with E-state index in [9.17, 15) is 19.2 Å². The quantitative estimate of drug-likeness (QED) is 0.348. The Bertz CT molecular complexity index is 1370. The summed E-state index contributed by atoms with van der Waals surface area (Å²) in [5, 5.41) is 3.66. The molecule has 0 heterocycles. The Morgan fingerprint density at radius 1 is 0.412 bits per heavy atom. The molecule has 0 amide bonds. The molecule has 0 aliphatic heterocycles. The minimum atomic E-state index is -0.554. The predicted octanol–water partition coefficient (Wildman–Crippen LogP) is 5.71. The van der Waals surface area contributed by atoms with E-state index in [1.165, 1.54) is 0 Å². The normalized spacial score (nSPS) is 25.6. The highest BCUT2D eigenvalue weighted by atomic mass is 16.2. The summed E-state index contributed by atoms with van der Waals surface area (Å²) in [6, 6.07) is 22.6. The summed E-state index contributed by atoms with van der Waals surface area (Å²) in [7, 11) is 0. The Labute approximate surface area is 195 Å². The van der Waals surface area contributed by atoms with Crippen LogP contribution in [0.15, 0.2) is 72.8 Å². The molecular formula is C30H20O4. The first-order valence-corrected chi connectivity index (χ1v) is 11.7. The molecule has 0 bridgehead atoms. The van der Waals surface area contributed by atoms with E-state index in [2.05, 4.69) is 0 Å². The zero-order valence-corrected chi connectivity index (χ0v) is 18.3. The monoisotopic (exact) mass is 444 g/mol. The van der Waals surface area contributed by atoms with Crippen LogP contribution < -0.4 is 0 Å². The number of hydrogen-bond acceptors (Lipinski definition) is 4. The van der Waals surface area contributed by atoms with Gasteiger partial charge in [0.25, 0.3) is 0 Å². The zero-order valence-electron chi connectivity index (χ0n) is 18.3. The molecule has 4 nitrogen and oxygen atoms in total. The van der Waals surface area contributed by atoms with Gasteiger partial charge in [0.1, 0.15) is 0 Å². The lowest BCUT2D eigenvalue weighted by Gasteiger charge is -2.43. The van der Waals surface area contributed by atoms with Crippen molar-refractivity contribution in [1.29, 1.82) is 0 Å². The lowest BCUT2D eigenvalue weighted by Crippen LogP contribution is -2.49. The largest absolute Gasteiger partial charge is 0.294 e. The molecule has 0 radical (unpaired) electrons. The summed E-state index contributed by atoms with van der Waals surface area (Å²) in [5.74, 6) is -2.52. The van der Waals surface area contributed by atoms with E-state index in [1.807, 2.05) is 72.8 Å². The number of fused-ring (bicyclic) bond motifs is 6. The van der Waals surface area contributed by atoms with E-state index in [0.717, 1.165) is 21.5 Å². The number of benzene rings is 4. The summed E-state index contributed by atoms with van der Waals surface area (Å²) in [4.78, 5) is 54.3. The second-order valence-electron chi connectivity index (χ2n) is 9.84. The minimum Gasteiger partial charge on any atom is -0.294 e. The van der Waals surface area contributed by atoms with Gasteiger partial charge in [-0.05, 0) is 58.7 Å². The van der Waals surface area contributed by atoms with Crippen molar-refractivity contribution < 1.29 is 19.2 Å². The minimum absolute atomic E-state index is 0.0756. The van der Waals surface area contributed by atoms with Crippen LogP contribution in [0, 0.1) is 23.7 Å². The molecule has 1 saturated carbocycles. The molecule has 3 aliphatic carbocycles. The van der Waals surface area contributed by atoms with Crippen LogP contribution in [0.3, 0.4) is 0 Å². The third-order valence-electron chi connectivity index (χ3n) is 8.17. The highest BCUT2D eigenvalue weighted by molar-refractivity contribution is 6.21. The Kier molecular flexibility index (Phi) is 3.91. The maximum Gasteiger partial charge on any atom is 0.167 e. The van der Waals surface area contributed by atoms with Crippen molar-refractivity contribution >= 4 is 44.7 Å².